The normalized spacial score (nSPS) is 10.1. The zero-order valence-corrected chi connectivity index (χ0v) is 10.8. The summed E-state index contributed by atoms with van der Waals surface area (Å²) in [7, 11) is 0. The number of amidine groups is 1. The molecule has 0 fully saturated rings. The highest BCUT2D eigenvalue weighted by Gasteiger charge is 2.18. The van der Waals surface area contributed by atoms with Gasteiger partial charge in [-0.25, -0.2) is 4.98 Å². The maximum Gasteiger partial charge on any atom is 0.311 e. The van der Waals surface area contributed by atoms with Crippen LogP contribution in [-0.4, -0.2) is 15.7 Å². The van der Waals surface area contributed by atoms with Gasteiger partial charge in [0.1, 0.15) is 10.9 Å². The summed E-state index contributed by atoms with van der Waals surface area (Å²) < 4.78 is 5.36. The Labute approximate surface area is 118 Å². The first-order valence-corrected chi connectivity index (χ1v) is 5.78. The third kappa shape index (κ3) is 2.67. The Balaban J connectivity index is 2.43. The van der Waals surface area contributed by atoms with Crippen molar-refractivity contribution in [3.8, 4) is 11.6 Å². The van der Waals surface area contributed by atoms with Gasteiger partial charge in [0.15, 0.2) is 0 Å². The molecule has 0 radical (unpaired) electrons. The third-order valence-corrected chi connectivity index (χ3v) is 2.78. The minimum absolute atomic E-state index is 0.00704. The van der Waals surface area contributed by atoms with Crippen LogP contribution in [0, 0.1) is 15.5 Å². The molecule has 1 heterocycles. The highest BCUT2D eigenvalue weighted by Crippen LogP contribution is 2.34. The van der Waals surface area contributed by atoms with Crippen LogP contribution in [-0.2, 0) is 0 Å². The number of nitrogen functional groups attached to an aromatic ring is 1. The van der Waals surface area contributed by atoms with E-state index in [0.29, 0.717) is 0 Å². The van der Waals surface area contributed by atoms with E-state index in [9.17, 15) is 10.1 Å². The fraction of sp³-hybridized carbons (Fsp3) is 0. The fourth-order valence-corrected chi connectivity index (χ4v) is 1.75. The molecule has 3 N–H and O–H groups in total. The summed E-state index contributed by atoms with van der Waals surface area (Å²) in [6, 6.07) is 7.29. The summed E-state index contributed by atoms with van der Waals surface area (Å²) in [5, 5.41) is 18.3. The van der Waals surface area contributed by atoms with E-state index in [1.54, 1.807) is 6.07 Å². The molecule has 0 aliphatic rings. The lowest BCUT2D eigenvalue weighted by Crippen LogP contribution is -2.12. The van der Waals surface area contributed by atoms with Gasteiger partial charge in [-0.2, -0.15) is 0 Å². The molecule has 8 heteroatoms. The molecular weight excluding hydrogens is 284 g/mol. The number of rotatable bonds is 4. The van der Waals surface area contributed by atoms with Crippen LogP contribution in [0.15, 0.2) is 36.5 Å². The molecule has 0 aliphatic carbocycles. The zero-order chi connectivity index (χ0) is 14.7. The van der Waals surface area contributed by atoms with Gasteiger partial charge in [0.2, 0.25) is 11.6 Å². The first-order valence-electron chi connectivity index (χ1n) is 5.41. The Morgan fingerprint density at radius 3 is 2.75 bits per heavy atom. The van der Waals surface area contributed by atoms with E-state index >= 15 is 0 Å². The van der Waals surface area contributed by atoms with Gasteiger partial charge in [-0.05, 0) is 12.1 Å². The SMILES string of the molecule is N=C(N)c1ccnc(Oc2ccccc2[N+](=O)[O-])c1Cl. The molecule has 2 aromatic rings. The molecule has 0 unspecified atom stereocenters. The van der Waals surface area contributed by atoms with E-state index in [4.69, 9.17) is 27.5 Å². The minimum Gasteiger partial charge on any atom is -0.430 e. The van der Waals surface area contributed by atoms with Gasteiger partial charge in [-0.1, -0.05) is 23.7 Å². The number of hydrogen-bond donors (Lipinski definition) is 2. The molecule has 2 rings (SSSR count). The highest BCUT2D eigenvalue weighted by molar-refractivity contribution is 6.35. The number of pyridine rings is 1. The molecule has 20 heavy (non-hydrogen) atoms. The Bertz CT molecular complexity index is 690. The molecule has 0 atom stereocenters. The van der Waals surface area contributed by atoms with Gasteiger partial charge >= 0.3 is 5.69 Å². The number of halogens is 1. The van der Waals surface area contributed by atoms with Crippen LogP contribution in [0.4, 0.5) is 5.69 Å². The van der Waals surface area contributed by atoms with Crippen molar-refractivity contribution in [1.82, 2.24) is 4.98 Å². The molecule has 0 aliphatic heterocycles. The Hall–Kier alpha value is -2.67. The van der Waals surface area contributed by atoms with Gasteiger partial charge in [-0.3, -0.25) is 15.5 Å². The molecule has 102 valence electrons. The quantitative estimate of drug-likeness (QED) is 0.389. The average molecular weight is 293 g/mol. The third-order valence-electron chi connectivity index (χ3n) is 2.42. The summed E-state index contributed by atoms with van der Waals surface area (Å²) in [5.41, 5.74) is 5.40. The predicted octanol–water partition coefficient (Wildman–Crippen LogP) is 2.72. The van der Waals surface area contributed by atoms with Crippen molar-refractivity contribution in [2.75, 3.05) is 0 Å². The van der Waals surface area contributed by atoms with E-state index in [-0.39, 0.29) is 33.7 Å². The predicted molar refractivity (Wildman–Crippen MR) is 73.4 cm³/mol. The topological polar surface area (TPSA) is 115 Å². The van der Waals surface area contributed by atoms with Crippen LogP contribution in [0.3, 0.4) is 0 Å². The summed E-state index contributed by atoms with van der Waals surface area (Å²) in [6.07, 6.45) is 1.35. The summed E-state index contributed by atoms with van der Waals surface area (Å²) in [5.74, 6) is -0.286. The van der Waals surface area contributed by atoms with Crippen LogP contribution in [0.1, 0.15) is 5.56 Å². The van der Waals surface area contributed by atoms with Crippen molar-refractivity contribution in [1.29, 1.82) is 5.41 Å². The number of nitro groups is 1. The van der Waals surface area contributed by atoms with E-state index in [0.717, 1.165) is 0 Å². The van der Waals surface area contributed by atoms with E-state index < -0.39 is 4.92 Å². The Kier molecular flexibility index (Phi) is 3.81. The molecule has 1 aromatic carbocycles. The monoisotopic (exact) mass is 292 g/mol. The number of nitrogens with one attached hydrogen (secondary N) is 1. The first kappa shape index (κ1) is 13.8. The zero-order valence-electron chi connectivity index (χ0n) is 10.0. The highest BCUT2D eigenvalue weighted by atomic mass is 35.5. The second-order valence-electron chi connectivity index (χ2n) is 3.72. The van der Waals surface area contributed by atoms with Crippen LogP contribution in [0.25, 0.3) is 0 Å². The number of nitrogens with two attached hydrogens (primary N) is 1. The molecule has 0 amide bonds. The van der Waals surface area contributed by atoms with Crippen LogP contribution < -0.4 is 10.5 Å². The summed E-state index contributed by atoms with van der Waals surface area (Å²) in [4.78, 5) is 14.2. The van der Waals surface area contributed by atoms with Crippen molar-refractivity contribution >= 4 is 23.1 Å². The Morgan fingerprint density at radius 2 is 2.10 bits per heavy atom. The van der Waals surface area contributed by atoms with Gasteiger partial charge in [0.25, 0.3) is 0 Å². The number of nitrogens with zero attached hydrogens (tertiary/aromatic N) is 2. The minimum atomic E-state index is -0.571. The van der Waals surface area contributed by atoms with E-state index in [1.807, 2.05) is 0 Å². The second kappa shape index (κ2) is 5.54. The summed E-state index contributed by atoms with van der Waals surface area (Å²) in [6.45, 7) is 0. The molecule has 0 saturated heterocycles. The largest absolute Gasteiger partial charge is 0.430 e. The van der Waals surface area contributed by atoms with Gasteiger partial charge < -0.3 is 10.5 Å². The number of benzene rings is 1. The van der Waals surface area contributed by atoms with Crippen molar-refractivity contribution in [3.05, 3.63) is 57.2 Å². The van der Waals surface area contributed by atoms with Crippen molar-refractivity contribution in [2.24, 2.45) is 5.73 Å². The number of hydrogen-bond acceptors (Lipinski definition) is 5. The van der Waals surface area contributed by atoms with Crippen molar-refractivity contribution in [2.45, 2.75) is 0 Å². The van der Waals surface area contributed by atoms with E-state index in [2.05, 4.69) is 4.98 Å². The maximum atomic E-state index is 10.9. The molecular formula is C12H9ClN4O3. The maximum absolute atomic E-state index is 10.9. The van der Waals surface area contributed by atoms with Crippen LogP contribution >= 0.6 is 11.6 Å². The number of nitro benzene ring substituents is 1. The molecule has 0 bridgehead atoms. The standard InChI is InChI=1S/C12H9ClN4O3/c13-10-7(11(14)15)5-6-16-12(10)20-9-4-2-1-3-8(9)17(18)19/h1-6H,(H3,14,15). The van der Waals surface area contributed by atoms with E-state index in [1.165, 1.54) is 30.5 Å². The number of ether oxygens (including phenoxy) is 1. The second-order valence-corrected chi connectivity index (χ2v) is 4.10. The lowest BCUT2D eigenvalue weighted by atomic mass is 10.2. The van der Waals surface area contributed by atoms with Gasteiger partial charge in [-0.15, -0.1) is 0 Å². The molecule has 0 spiro atoms. The Morgan fingerprint density at radius 1 is 1.40 bits per heavy atom. The number of aromatic nitrogens is 1. The molecule has 7 nitrogen and oxygen atoms in total. The van der Waals surface area contributed by atoms with Gasteiger partial charge in [0.05, 0.1) is 4.92 Å². The van der Waals surface area contributed by atoms with Crippen molar-refractivity contribution < 1.29 is 9.66 Å². The van der Waals surface area contributed by atoms with Crippen molar-refractivity contribution in [3.63, 3.8) is 0 Å². The summed E-state index contributed by atoms with van der Waals surface area (Å²) >= 11 is 6.01. The lowest BCUT2D eigenvalue weighted by Gasteiger charge is -2.09. The smallest absolute Gasteiger partial charge is 0.311 e. The van der Waals surface area contributed by atoms with Crippen LogP contribution in [0.5, 0.6) is 11.6 Å². The molecule has 1 aromatic heterocycles. The van der Waals surface area contributed by atoms with Crippen LogP contribution in [0.2, 0.25) is 5.02 Å². The first-order chi connectivity index (χ1) is 9.50. The lowest BCUT2D eigenvalue weighted by molar-refractivity contribution is -0.385. The number of para-hydroxylation sites is 2. The average Bonchev–Trinajstić information content (AvgIpc) is 2.41. The molecule has 0 saturated carbocycles. The fourth-order valence-electron chi connectivity index (χ4n) is 1.50. The van der Waals surface area contributed by atoms with Gasteiger partial charge in [0, 0.05) is 17.8 Å².